The fourth-order valence-corrected chi connectivity index (χ4v) is 6.55. The van der Waals surface area contributed by atoms with E-state index in [2.05, 4.69) is 9.71 Å². The minimum Gasteiger partial charge on any atom is -0.508 e. The molecule has 0 fully saturated rings. The van der Waals surface area contributed by atoms with Crippen molar-refractivity contribution >= 4 is 16.1 Å². The summed E-state index contributed by atoms with van der Waals surface area (Å²) in [6.07, 6.45) is 0.885. The second-order valence-corrected chi connectivity index (χ2v) is 10.7. The molecule has 0 unspecified atom stereocenters. The Hall–Kier alpha value is -3.37. The number of hydrogen-bond donors (Lipinski definition) is 3. The van der Waals surface area contributed by atoms with Gasteiger partial charge in [-0.2, -0.15) is 0 Å². The molecule has 3 aromatic rings. The molecule has 0 aliphatic rings. The summed E-state index contributed by atoms with van der Waals surface area (Å²) in [6, 6.07) is 16.0. The molecule has 1 amide bonds. The summed E-state index contributed by atoms with van der Waals surface area (Å²) in [5, 5.41) is 19.9. The molecule has 0 aliphatic heterocycles. The van der Waals surface area contributed by atoms with E-state index in [4.69, 9.17) is 4.42 Å². The Morgan fingerprint density at radius 1 is 1.14 bits per heavy atom. The summed E-state index contributed by atoms with van der Waals surface area (Å²) in [5.74, 6) is -0.245. The zero-order chi connectivity index (χ0) is 26.3. The number of para-hydroxylation sites is 1. The maximum atomic E-state index is 14.0. The highest BCUT2D eigenvalue weighted by Crippen LogP contribution is 2.45. The Kier molecular flexibility index (Phi) is 8.75. The van der Waals surface area contributed by atoms with Crippen molar-refractivity contribution in [2.24, 2.45) is 5.92 Å². The molecule has 10 heteroatoms. The van der Waals surface area contributed by atoms with Crippen molar-refractivity contribution in [1.82, 2.24) is 14.6 Å². The topological polar surface area (TPSA) is 133 Å². The lowest BCUT2D eigenvalue weighted by Gasteiger charge is -2.38. The second kappa shape index (κ2) is 11.6. The molecule has 1 heterocycles. The van der Waals surface area contributed by atoms with E-state index in [0.717, 1.165) is 10.5 Å². The zero-order valence-electron chi connectivity index (χ0n) is 20.7. The molecular weight excluding hydrogens is 482 g/mol. The normalized spacial score (nSPS) is 14.2. The predicted molar refractivity (Wildman–Crippen MR) is 137 cm³/mol. The Morgan fingerprint density at radius 2 is 1.81 bits per heavy atom. The van der Waals surface area contributed by atoms with Crippen LogP contribution in [0.15, 0.2) is 65.2 Å². The van der Waals surface area contributed by atoms with Gasteiger partial charge >= 0.3 is 6.09 Å². The van der Waals surface area contributed by atoms with Gasteiger partial charge in [0.05, 0.1) is 6.20 Å². The first-order chi connectivity index (χ1) is 17.2. The van der Waals surface area contributed by atoms with Crippen LogP contribution in [0.25, 0.3) is 11.3 Å². The molecule has 0 spiro atoms. The SMILES string of the molecule is CCNS(=O)(=O)[C@](CCc1ccccc1O)(c1ncc(-c2ccccc2)o1)[C@H](CC)CN(C)C(=O)O. The number of aromatic nitrogens is 1. The minimum atomic E-state index is -4.13. The van der Waals surface area contributed by atoms with Crippen LogP contribution in [0.5, 0.6) is 5.75 Å². The number of sulfonamides is 1. The molecule has 0 aliphatic carbocycles. The number of oxazole rings is 1. The number of aryl methyl sites for hydroxylation is 1. The Labute approximate surface area is 211 Å². The summed E-state index contributed by atoms with van der Waals surface area (Å²) in [4.78, 5) is 17.2. The molecule has 1 aromatic heterocycles. The van der Waals surface area contributed by atoms with E-state index in [1.807, 2.05) is 37.3 Å². The maximum Gasteiger partial charge on any atom is 0.407 e. The van der Waals surface area contributed by atoms with Gasteiger partial charge in [-0.05, 0) is 30.9 Å². The monoisotopic (exact) mass is 515 g/mol. The number of aromatic hydroxyl groups is 1. The van der Waals surface area contributed by atoms with Crippen LogP contribution in [0.1, 0.15) is 38.1 Å². The lowest BCUT2D eigenvalue weighted by Crippen LogP contribution is -2.52. The van der Waals surface area contributed by atoms with Gasteiger partial charge in [-0.1, -0.05) is 62.4 Å². The third-order valence-electron chi connectivity index (χ3n) is 6.47. The summed E-state index contributed by atoms with van der Waals surface area (Å²) < 4.78 is 35.1. The van der Waals surface area contributed by atoms with Gasteiger partial charge in [0.15, 0.2) is 10.5 Å². The van der Waals surface area contributed by atoms with Gasteiger partial charge in [-0.15, -0.1) is 0 Å². The lowest BCUT2D eigenvalue weighted by atomic mass is 9.83. The van der Waals surface area contributed by atoms with Crippen LogP contribution in [-0.4, -0.2) is 54.7 Å². The summed E-state index contributed by atoms with van der Waals surface area (Å²) in [5.41, 5.74) is 1.31. The Bertz CT molecular complexity index is 1260. The number of phenolic OH excluding ortho intramolecular Hbond substituents is 1. The van der Waals surface area contributed by atoms with Crippen molar-refractivity contribution in [3.8, 4) is 17.1 Å². The Balaban J connectivity index is 2.22. The van der Waals surface area contributed by atoms with Crippen LogP contribution >= 0.6 is 0 Å². The molecule has 3 N–H and O–H groups in total. The number of rotatable bonds is 12. The molecule has 36 heavy (non-hydrogen) atoms. The fraction of sp³-hybridized carbons (Fsp3) is 0.385. The number of carbonyl (C=O) groups is 1. The zero-order valence-corrected chi connectivity index (χ0v) is 21.5. The van der Waals surface area contributed by atoms with Crippen molar-refractivity contribution < 1.29 is 27.8 Å². The average molecular weight is 516 g/mol. The highest BCUT2D eigenvalue weighted by molar-refractivity contribution is 7.90. The summed E-state index contributed by atoms with van der Waals surface area (Å²) in [6.45, 7) is 3.58. The standard InChI is InChI=1S/C26H33N3O6S/c1-4-21(18-29(3)25(31)32)26(36(33,34)28-5-2,16-15-19-11-9-10-14-22(19)30)24-27-17-23(35-24)20-12-7-6-8-13-20/h6-14,17,21,28,30H,4-5,15-16,18H2,1-3H3,(H,31,32)/t21-,26+/m1/s1. The highest BCUT2D eigenvalue weighted by atomic mass is 32.2. The number of amides is 1. The van der Waals surface area contributed by atoms with Gasteiger partial charge in [-0.3, -0.25) is 0 Å². The van der Waals surface area contributed by atoms with E-state index in [1.165, 1.54) is 13.2 Å². The lowest BCUT2D eigenvalue weighted by molar-refractivity contribution is 0.137. The molecule has 3 rings (SSSR count). The molecule has 0 bridgehead atoms. The third kappa shape index (κ3) is 5.55. The molecule has 9 nitrogen and oxygen atoms in total. The fourth-order valence-electron chi connectivity index (χ4n) is 4.54. The smallest absolute Gasteiger partial charge is 0.407 e. The van der Waals surface area contributed by atoms with E-state index in [0.29, 0.717) is 17.7 Å². The molecule has 0 saturated carbocycles. The van der Waals surface area contributed by atoms with Gasteiger partial charge in [0.25, 0.3) is 0 Å². The number of nitrogens with zero attached hydrogens (tertiary/aromatic N) is 2. The molecule has 0 saturated heterocycles. The number of hydrogen-bond acceptors (Lipinski definition) is 6. The van der Waals surface area contributed by atoms with E-state index in [-0.39, 0.29) is 37.6 Å². The first-order valence-corrected chi connectivity index (χ1v) is 13.4. The van der Waals surface area contributed by atoms with Crippen LogP contribution < -0.4 is 4.72 Å². The minimum absolute atomic E-state index is 0.0108. The van der Waals surface area contributed by atoms with Crippen molar-refractivity contribution in [3.63, 3.8) is 0 Å². The number of nitrogens with one attached hydrogen (secondary N) is 1. The van der Waals surface area contributed by atoms with E-state index in [1.54, 1.807) is 31.2 Å². The van der Waals surface area contributed by atoms with Gasteiger partial charge in [0, 0.05) is 31.6 Å². The molecule has 2 atom stereocenters. The number of benzene rings is 2. The third-order valence-corrected chi connectivity index (χ3v) is 8.81. The van der Waals surface area contributed by atoms with Crippen LogP contribution in [0.3, 0.4) is 0 Å². The van der Waals surface area contributed by atoms with Gasteiger partial charge in [0.2, 0.25) is 15.9 Å². The van der Waals surface area contributed by atoms with Crippen LogP contribution in [0, 0.1) is 5.92 Å². The first kappa shape index (κ1) is 27.2. The van der Waals surface area contributed by atoms with Gasteiger partial charge in [-0.25, -0.2) is 22.9 Å². The quantitative estimate of drug-likeness (QED) is 0.324. The van der Waals surface area contributed by atoms with Gasteiger partial charge in [0.1, 0.15) is 5.75 Å². The molecule has 194 valence electrons. The van der Waals surface area contributed by atoms with Crippen molar-refractivity contribution in [1.29, 1.82) is 0 Å². The van der Waals surface area contributed by atoms with Crippen molar-refractivity contribution in [3.05, 3.63) is 72.2 Å². The van der Waals surface area contributed by atoms with E-state index < -0.39 is 26.8 Å². The molecule has 2 aromatic carbocycles. The summed E-state index contributed by atoms with van der Waals surface area (Å²) >= 11 is 0. The number of phenols is 1. The average Bonchev–Trinajstić information content (AvgIpc) is 3.35. The van der Waals surface area contributed by atoms with Crippen molar-refractivity contribution in [2.75, 3.05) is 20.1 Å². The second-order valence-electron chi connectivity index (χ2n) is 8.68. The van der Waals surface area contributed by atoms with Crippen LogP contribution in [-0.2, 0) is 21.2 Å². The largest absolute Gasteiger partial charge is 0.508 e. The van der Waals surface area contributed by atoms with Crippen LogP contribution in [0.2, 0.25) is 0 Å². The van der Waals surface area contributed by atoms with E-state index in [9.17, 15) is 23.4 Å². The van der Waals surface area contributed by atoms with Gasteiger partial charge < -0.3 is 19.5 Å². The predicted octanol–water partition coefficient (Wildman–Crippen LogP) is 4.45. The maximum absolute atomic E-state index is 14.0. The summed E-state index contributed by atoms with van der Waals surface area (Å²) in [7, 11) is -2.72. The Morgan fingerprint density at radius 3 is 2.42 bits per heavy atom. The first-order valence-electron chi connectivity index (χ1n) is 11.9. The number of carboxylic acid groups (broad SMARTS) is 1. The molecule has 0 radical (unpaired) electrons. The van der Waals surface area contributed by atoms with Crippen molar-refractivity contribution in [2.45, 2.75) is 37.9 Å². The van der Waals surface area contributed by atoms with Crippen LogP contribution in [0.4, 0.5) is 4.79 Å². The molecular formula is C26H33N3O6S. The van der Waals surface area contributed by atoms with E-state index >= 15 is 0 Å². The highest BCUT2D eigenvalue weighted by Gasteiger charge is 2.54.